The molecule has 0 aliphatic heterocycles. The van der Waals surface area contributed by atoms with Crippen LogP contribution in [0.1, 0.15) is 49.7 Å². The number of carboxylic acid groups (broad SMARTS) is 1. The zero-order chi connectivity index (χ0) is 34.7. The van der Waals surface area contributed by atoms with Gasteiger partial charge in [-0.3, -0.25) is 14.9 Å². The van der Waals surface area contributed by atoms with E-state index in [9.17, 15) is 31.2 Å². The third-order valence-electron chi connectivity index (χ3n) is 7.02. The molecule has 1 aliphatic carbocycles. The van der Waals surface area contributed by atoms with Gasteiger partial charge in [0.05, 0.1) is 23.4 Å². The van der Waals surface area contributed by atoms with E-state index in [4.69, 9.17) is 32.0 Å². The summed E-state index contributed by atoms with van der Waals surface area (Å²) in [5, 5.41) is 12.9. The lowest BCUT2D eigenvalue weighted by atomic mass is 9.84. The Kier molecular flexibility index (Phi) is 14.3. The van der Waals surface area contributed by atoms with Crippen LogP contribution in [-0.2, 0) is 30.8 Å². The van der Waals surface area contributed by atoms with Gasteiger partial charge in [0.2, 0.25) is 21.8 Å². The zero-order valence-corrected chi connectivity index (χ0v) is 27.0. The molecule has 46 heavy (non-hydrogen) atoms. The lowest BCUT2D eigenvalue weighted by Crippen LogP contribution is -2.40. The number of carbonyl (C=O) groups is 3. The average Bonchev–Trinajstić information content (AvgIpc) is 2.98. The smallest absolute Gasteiger partial charge is 0.490 e. The summed E-state index contributed by atoms with van der Waals surface area (Å²) < 4.78 is 63.7. The van der Waals surface area contributed by atoms with Crippen LogP contribution in [0.25, 0.3) is 0 Å². The highest BCUT2D eigenvalue weighted by Crippen LogP contribution is 2.29. The van der Waals surface area contributed by atoms with Gasteiger partial charge in [0, 0.05) is 5.69 Å². The molecular weight excluding hydrogens is 655 g/mol. The number of nitrogens with zero attached hydrogens (tertiary/aromatic N) is 1. The van der Waals surface area contributed by atoms with Crippen molar-refractivity contribution < 1.29 is 45.8 Å². The number of methoxy groups -OCH3 is 1. The number of sulfonamides is 1. The molecule has 1 saturated carbocycles. The average molecular weight is 692 g/mol. The summed E-state index contributed by atoms with van der Waals surface area (Å²) >= 11 is 6.15. The van der Waals surface area contributed by atoms with E-state index in [0.717, 1.165) is 32.1 Å². The van der Waals surface area contributed by atoms with Crippen molar-refractivity contribution in [2.45, 2.75) is 69.0 Å². The minimum atomic E-state index is -5.08. The Labute approximate surface area is 270 Å². The van der Waals surface area contributed by atoms with E-state index in [1.54, 1.807) is 31.2 Å². The van der Waals surface area contributed by atoms with Crippen LogP contribution in [0.2, 0.25) is 5.02 Å². The maximum atomic E-state index is 13.4. The predicted molar refractivity (Wildman–Crippen MR) is 166 cm³/mol. The molecule has 0 aromatic heterocycles. The second-order valence-electron chi connectivity index (χ2n) is 10.4. The molecule has 1 fully saturated rings. The molecule has 0 bridgehead atoms. The van der Waals surface area contributed by atoms with E-state index in [-0.39, 0.29) is 17.3 Å². The van der Waals surface area contributed by atoms with Crippen LogP contribution in [-0.4, -0.2) is 63.6 Å². The number of amides is 2. The SMILES string of the molecule is CNS(=O)(=O)c1ccc(C)c(NC(=O)[C@@H](CC2CCCCC2)N=C(N)NC(=O)Cc2ccc(OC)c(Cl)c2)c1.O=C(O)C(F)(F)F. The number of guanidine groups is 1. The number of rotatable bonds is 10. The normalized spacial score (nSPS) is 14.8. The van der Waals surface area contributed by atoms with Gasteiger partial charge >= 0.3 is 12.1 Å². The summed E-state index contributed by atoms with van der Waals surface area (Å²) in [6.07, 6.45) is 0.688. The fourth-order valence-electron chi connectivity index (χ4n) is 4.59. The molecule has 0 heterocycles. The van der Waals surface area contributed by atoms with Crippen molar-refractivity contribution in [3.05, 3.63) is 52.5 Å². The van der Waals surface area contributed by atoms with E-state index < -0.39 is 40.0 Å². The predicted octanol–water partition coefficient (Wildman–Crippen LogP) is 4.15. The molecule has 2 aromatic rings. The summed E-state index contributed by atoms with van der Waals surface area (Å²) in [5.74, 6) is -2.97. The van der Waals surface area contributed by atoms with Crippen LogP contribution in [0, 0.1) is 12.8 Å². The summed E-state index contributed by atoms with van der Waals surface area (Å²) in [5.41, 5.74) is 7.79. The quantitative estimate of drug-likeness (QED) is 0.181. The van der Waals surface area contributed by atoms with Crippen LogP contribution in [0.15, 0.2) is 46.3 Å². The van der Waals surface area contributed by atoms with Crippen LogP contribution < -0.4 is 25.8 Å². The molecule has 1 atom stereocenters. The first-order chi connectivity index (χ1) is 21.5. The molecule has 254 valence electrons. The standard InChI is InChI=1S/C27H36ClN5O5S.C2HF3O2/c1-17-9-11-20(39(36,37)30-2)16-22(17)31-26(35)23(14-18-7-5-4-6-8-18)32-27(29)33-25(34)15-19-10-12-24(38-3)21(28)13-19;3-2(4,5)1(6)7/h9-13,16,18,23,30H,4-8,14-15H2,1-3H3,(H,31,35)(H3,29,32,33,34);(H,6,7)/t23-;/m1./s1. The van der Waals surface area contributed by atoms with E-state index in [1.165, 1.54) is 26.3 Å². The molecule has 3 rings (SSSR count). The largest absolute Gasteiger partial charge is 0.495 e. The van der Waals surface area contributed by atoms with Gasteiger partial charge in [-0.1, -0.05) is 55.8 Å². The van der Waals surface area contributed by atoms with Crippen molar-refractivity contribution in [3.63, 3.8) is 0 Å². The number of aliphatic carboxylic acids is 1. The first-order valence-electron chi connectivity index (χ1n) is 14.1. The highest BCUT2D eigenvalue weighted by molar-refractivity contribution is 7.89. The number of nitrogens with one attached hydrogen (secondary N) is 3. The topological polar surface area (TPSA) is 189 Å². The number of ether oxygens (including phenoxy) is 1. The zero-order valence-electron chi connectivity index (χ0n) is 25.4. The number of hydrogen-bond donors (Lipinski definition) is 5. The van der Waals surface area contributed by atoms with Crippen LogP contribution in [0.5, 0.6) is 5.75 Å². The van der Waals surface area contributed by atoms with Gasteiger partial charge in [-0.2, -0.15) is 13.2 Å². The number of aryl methyl sites for hydroxylation is 1. The van der Waals surface area contributed by atoms with Crippen LogP contribution in [0.4, 0.5) is 18.9 Å². The third-order valence-corrected chi connectivity index (χ3v) is 8.72. The van der Waals surface area contributed by atoms with Crippen LogP contribution >= 0.6 is 11.6 Å². The fourth-order valence-corrected chi connectivity index (χ4v) is 5.62. The second-order valence-corrected chi connectivity index (χ2v) is 12.7. The van der Waals surface area contributed by atoms with Gasteiger partial charge in [0.25, 0.3) is 0 Å². The number of alkyl halides is 3. The van der Waals surface area contributed by atoms with Crippen molar-refractivity contribution in [2.75, 3.05) is 19.5 Å². The maximum absolute atomic E-state index is 13.4. The molecule has 12 nitrogen and oxygen atoms in total. The number of benzene rings is 2. The van der Waals surface area contributed by atoms with Gasteiger partial charge in [-0.15, -0.1) is 0 Å². The fraction of sp³-hybridized carbons (Fsp3) is 0.448. The highest BCUT2D eigenvalue weighted by Gasteiger charge is 2.38. The van der Waals surface area contributed by atoms with Crippen molar-refractivity contribution in [3.8, 4) is 5.75 Å². The number of anilines is 1. The summed E-state index contributed by atoms with van der Waals surface area (Å²) in [4.78, 5) is 39.3. The lowest BCUT2D eigenvalue weighted by Gasteiger charge is -2.25. The van der Waals surface area contributed by atoms with E-state index in [2.05, 4.69) is 20.3 Å². The minimum Gasteiger partial charge on any atom is -0.495 e. The lowest BCUT2D eigenvalue weighted by molar-refractivity contribution is -0.192. The molecular formula is C29H37ClF3N5O7S. The molecule has 2 amide bonds. The van der Waals surface area contributed by atoms with Crippen molar-refractivity contribution >= 4 is 51.1 Å². The summed E-state index contributed by atoms with van der Waals surface area (Å²) in [6.45, 7) is 1.77. The molecule has 0 radical (unpaired) electrons. The summed E-state index contributed by atoms with van der Waals surface area (Å²) in [6, 6.07) is 8.67. The van der Waals surface area contributed by atoms with E-state index in [0.29, 0.717) is 39.9 Å². The molecule has 0 unspecified atom stereocenters. The van der Waals surface area contributed by atoms with E-state index in [1.807, 2.05) is 0 Å². The van der Waals surface area contributed by atoms with Gasteiger partial charge < -0.3 is 20.9 Å². The Balaban J connectivity index is 0.000000942. The number of halogens is 4. The Morgan fingerprint density at radius 3 is 2.30 bits per heavy atom. The number of aliphatic imine (C=N–C) groups is 1. The Morgan fingerprint density at radius 2 is 1.76 bits per heavy atom. The minimum absolute atomic E-state index is 0.00530. The van der Waals surface area contributed by atoms with E-state index >= 15 is 0 Å². The first kappa shape index (κ1) is 38.3. The van der Waals surface area contributed by atoms with Gasteiger partial charge in [0.1, 0.15) is 11.8 Å². The van der Waals surface area contributed by atoms with Gasteiger partial charge in [-0.25, -0.2) is 22.9 Å². The highest BCUT2D eigenvalue weighted by atomic mass is 35.5. The molecule has 1 aliphatic rings. The Bertz CT molecular complexity index is 1530. The molecule has 17 heteroatoms. The third kappa shape index (κ3) is 12.1. The van der Waals surface area contributed by atoms with Crippen molar-refractivity contribution in [1.82, 2.24) is 10.0 Å². The first-order valence-corrected chi connectivity index (χ1v) is 15.9. The number of carbonyl (C=O) groups excluding carboxylic acids is 2. The molecule has 6 N–H and O–H groups in total. The Hall–Kier alpha value is -3.89. The Morgan fingerprint density at radius 1 is 1.13 bits per heavy atom. The second kappa shape index (κ2) is 17.1. The monoisotopic (exact) mass is 691 g/mol. The molecule has 0 spiro atoms. The molecule has 2 aromatic carbocycles. The molecule has 0 saturated heterocycles. The summed E-state index contributed by atoms with van der Waals surface area (Å²) in [7, 11) is -0.864. The van der Waals surface area contributed by atoms with Gasteiger partial charge in [-0.05, 0) is 61.7 Å². The maximum Gasteiger partial charge on any atom is 0.490 e. The van der Waals surface area contributed by atoms with Gasteiger partial charge in [0.15, 0.2) is 5.96 Å². The van der Waals surface area contributed by atoms with Crippen molar-refractivity contribution in [2.24, 2.45) is 16.6 Å². The van der Waals surface area contributed by atoms with Crippen LogP contribution in [0.3, 0.4) is 0 Å². The number of hydrogen-bond acceptors (Lipinski definition) is 7. The number of carboxylic acids is 1. The van der Waals surface area contributed by atoms with Crippen molar-refractivity contribution in [1.29, 1.82) is 0 Å². The number of nitrogens with two attached hydrogens (primary N) is 1.